The molecule has 3 aromatic heterocycles. The lowest BCUT2D eigenvalue weighted by Crippen LogP contribution is -2.10. The van der Waals surface area contributed by atoms with Crippen molar-refractivity contribution in [3.63, 3.8) is 0 Å². The second-order valence-corrected chi connectivity index (χ2v) is 13.7. The lowest BCUT2D eigenvalue weighted by atomic mass is 10.0. The topological polar surface area (TPSA) is 29.3 Å². The van der Waals surface area contributed by atoms with Crippen molar-refractivity contribution in [2.24, 2.45) is 0 Å². The zero-order valence-electron chi connectivity index (χ0n) is 24.5. The Kier molecular flexibility index (Phi) is 5.61. The summed E-state index contributed by atoms with van der Waals surface area (Å²) in [5, 5.41) is 7.32. The number of oxazole rings is 1. The average Bonchev–Trinajstić information content (AvgIpc) is 3.82. The van der Waals surface area contributed by atoms with E-state index in [0.29, 0.717) is 5.89 Å². The third kappa shape index (κ3) is 3.92. The van der Waals surface area contributed by atoms with Gasteiger partial charge in [0.1, 0.15) is 5.52 Å². The second-order valence-electron chi connectivity index (χ2n) is 11.6. The van der Waals surface area contributed by atoms with Gasteiger partial charge < -0.3 is 9.32 Å². The first-order chi connectivity index (χ1) is 22.8. The molecule has 0 saturated carbocycles. The quantitative estimate of drug-likeness (QED) is 0.195. The van der Waals surface area contributed by atoms with Crippen LogP contribution in [-0.4, -0.2) is 4.98 Å². The predicted molar refractivity (Wildman–Crippen MR) is 197 cm³/mol. The van der Waals surface area contributed by atoms with Crippen LogP contribution in [0.25, 0.3) is 73.7 Å². The number of aromatic nitrogens is 1. The molecule has 0 spiro atoms. The third-order valence-electron chi connectivity index (χ3n) is 8.88. The van der Waals surface area contributed by atoms with Gasteiger partial charge >= 0.3 is 0 Å². The molecule has 0 atom stereocenters. The summed E-state index contributed by atoms with van der Waals surface area (Å²) >= 11 is 3.69. The highest BCUT2D eigenvalue weighted by molar-refractivity contribution is 7.26. The van der Waals surface area contributed by atoms with Crippen LogP contribution in [0.1, 0.15) is 0 Å². The number of fused-ring (bicyclic) bond motifs is 9. The summed E-state index contributed by atoms with van der Waals surface area (Å²) in [7, 11) is 0. The second kappa shape index (κ2) is 10.0. The maximum atomic E-state index is 6.62. The Morgan fingerprint density at radius 3 is 1.78 bits per heavy atom. The maximum Gasteiger partial charge on any atom is 0.227 e. The van der Waals surface area contributed by atoms with Gasteiger partial charge in [0.15, 0.2) is 5.58 Å². The summed E-state index contributed by atoms with van der Waals surface area (Å²) in [5.41, 5.74) is 5.87. The lowest BCUT2D eigenvalue weighted by molar-refractivity contribution is 0.623. The molecular weight excluding hydrogens is 601 g/mol. The van der Waals surface area contributed by atoms with E-state index in [4.69, 9.17) is 9.40 Å². The van der Waals surface area contributed by atoms with Crippen LogP contribution >= 0.6 is 22.7 Å². The highest BCUT2D eigenvalue weighted by atomic mass is 32.1. The van der Waals surface area contributed by atoms with E-state index in [1.165, 1.54) is 40.3 Å². The van der Waals surface area contributed by atoms with E-state index in [9.17, 15) is 0 Å². The van der Waals surface area contributed by atoms with Crippen molar-refractivity contribution < 1.29 is 4.42 Å². The lowest BCUT2D eigenvalue weighted by Gasteiger charge is -2.27. The summed E-state index contributed by atoms with van der Waals surface area (Å²) in [5.74, 6) is 0.628. The number of anilines is 3. The summed E-state index contributed by atoms with van der Waals surface area (Å²) < 4.78 is 11.8. The standard InChI is InChI=1S/C41H24N2OS2/c1-2-9-26(10-3-1)41-42-33-22-17-25-11-8-14-34(39(25)40(33)44-41)43(27-18-20-31-29-12-4-6-15-35(29)45-37(31)23-27)28-19-21-32-30-13-5-7-16-36(30)46-38(32)24-28/h1-24H. The van der Waals surface area contributed by atoms with Crippen LogP contribution in [0.5, 0.6) is 0 Å². The molecule has 5 heteroatoms. The highest BCUT2D eigenvalue weighted by Gasteiger charge is 2.21. The molecule has 10 rings (SSSR count). The fraction of sp³-hybridized carbons (Fsp3) is 0. The Bertz CT molecular complexity index is 2660. The molecule has 0 fully saturated rings. The average molecular weight is 625 g/mol. The number of thiophene rings is 2. The monoisotopic (exact) mass is 624 g/mol. The van der Waals surface area contributed by atoms with E-state index in [2.05, 4.69) is 120 Å². The van der Waals surface area contributed by atoms with E-state index >= 15 is 0 Å². The van der Waals surface area contributed by atoms with Crippen molar-refractivity contribution in [3.05, 3.63) is 146 Å². The van der Waals surface area contributed by atoms with Crippen molar-refractivity contribution >= 4 is 102 Å². The number of benzene rings is 7. The van der Waals surface area contributed by atoms with Crippen molar-refractivity contribution in [2.75, 3.05) is 4.90 Å². The van der Waals surface area contributed by atoms with Gasteiger partial charge in [-0.25, -0.2) is 4.98 Å². The van der Waals surface area contributed by atoms with E-state index in [-0.39, 0.29) is 0 Å². The molecule has 0 amide bonds. The van der Waals surface area contributed by atoms with E-state index in [0.717, 1.165) is 44.5 Å². The fourth-order valence-corrected chi connectivity index (χ4v) is 9.04. The Hall–Kier alpha value is -5.49. The van der Waals surface area contributed by atoms with Gasteiger partial charge in [-0.2, -0.15) is 0 Å². The van der Waals surface area contributed by atoms with Gasteiger partial charge in [0.05, 0.1) is 11.1 Å². The molecule has 46 heavy (non-hydrogen) atoms. The molecule has 0 aliphatic heterocycles. The molecule has 0 unspecified atom stereocenters. The summed E-state index contributed by atoms with van der Waals surface area (Å²) in [6, 6.07) is 51.9. The Morgan fingerprint density at radius 2 is 1.11 bits per heavy atom. The predicted octanol–water partition coefficient (Wildman–Crippen LogP) is 12.9. The molecule has 3 nitrogen and oxygen atoms in total. The molecule has 3 heterocycles. The molecular formula is C41H24N2OS2. The van der Waals surface area contributed by atoms with Crippen LogP contribution in [0, 0.1) is 0 Å². The number of hydrogen-bond donors (Lipinski definition) is 0. The highest BCUT2D eigenvalue weighted by Crippen LogP contribution is 2.46. The number of nitrogens with zero attached hydrogens (tertiary/aromatic N) is 2. The van der Waals surface area contributed by atoms with Gasteiger partial charge in [0.2, 0.25) is 5.89 Å². The van der Waals surface area contributed by atoms with Crippen molar-refractivity contribution in [1.82, 2.24) is 4.98 Å². The molecule has 0 N–H and O–H groups in total. The van der Waals surface area contributed by atoms with Gasteiger partial charge in [-0.3, -0.25) is 0 Å². The molecule has 0 bridgehead atoms. The zero-order valence-corrected chi connectivity index (χ0v) is 26.1. The minimum Gasteiger partial charge on any atom is -0.435 e. The molecule has 7 aromatic carbocycles. The summed E-state index contributed by atoms with van der Waals surface area (Å²) in [6.07, 6.45) is 0. The van der Waals surface area contributed by atoms with E-state index in [1.54, 1.807) is 0 Å². The van der Waals surface area contributed by atoms with Crippen LogP contribution in [-0.2, 0) is 0 Å². The van der Waals surface area contributed by atoms with Crippen LogP contribution in [0.3, 0.4) is 0 Å². The van der Waals surface area contributed by atoms with Gasteiger partial charge in [0, 0.05) is 57.3 Å². The van der Waals surface area contributed by atoms with Gasteiger partial charge in [-0.1, -0.05) is 84.9 Å². The molecule has 10 aromatic rings. The first kappa shape index (κ1) is 25.8. The normalized spacial score (nSPS) is 11.9. The van der Waals surface area contributed by atoms with Gasteiger partial charge in [-0.05, 0) is 66.0 Å². The Balaban J connectivity index is 1.26. The zero-order chi connectivity index (χ0) is 30.2. The molecule has 0 saturated heterocycles. The van der Waals surface area contributed by atoms with Crippen molar-refractivity contribution in [3.8, 4) is 11.5 Å². The Morgan fingerprint density at radius 1 is 0.500 bits per heavy atom. The maximum absolute atomic E-state index is 6.62. The molecule has 0 aliphatic rings. The van der Waals surface area contributed by atoms with E-state index in [1.807, 2.05) is 53.0 Å². The molecule has 216 valence electrons. The largest absolute Gasteiger partial charge is 0.435 e. The Labute approximate surface area is 272 Å². The SMILES string of the molecule is c1ccc(-c2nc3ccc4cccc(N(c5ccc6c(c5)sc5ccccc56)c5ccc6c(c5)sc5ccccc56)c4c3o2)cc1. The van der Waals surface area contributed by atoms with Crippen LogP contribution < -0.4 is 4.90 Å². The van der Waals surface area contributed by atoms with Crippen LogP contribution in [0.15, 0.2) is 150 Å². The van der Waals surface area contributed by atoms with Crippen LogP contribution in [0.2, 0.25) is 0 Å². The number of hydrogen-bond acceptors (Lipinski definition) is 5. The molecule has 0 aliphatic carbocycles. The summed E-state index contributed by atoms with van der Waals surface area (Å²) in [6.45, 7) is 0. The molecule has 0 radical (unpaired) electrons. The third-order valence-corrected chi connectivity index (χ3v) is 11.1. The van der Waals surface area contributed by atoms with Gasteiger partial charge in [-0.15, -0.1) is 22.7 Å². The first-order valence-electron chi connectivity index (χ1n) is 15.3. The van der Waals surface area contributed by atoms with E-state index < -0.39 is 0 Å². The first-order valence-corrected chi connectivity index (χ1v) is 16.9. The fourth-order valence-electron chi connectivity index (χ4n) is 6.76. The van der Waals surface area contributed by atoms with Crippen molar-refractivity contribution in [2.45, 2.75) is 0 Å². The minimum atomic E-state index is 0.628. The smallest absolute Gasteiger partial charge is 0.227 e. The minimum absolute atomic E-state index is 0.628. The van der Waals surface area contributed by atoms with Crippen molar-refractivity contribution in [1.29, 1.82) is 0 Å². The van der Waals surface area contributed by atoms with Crippen LogP contribution in [0.4, 0.5) is 17.1 Å². The summed E-state index contributed by atoms with van der Waals surface area (Å²) in [4.78, 5) is 7.32. The van der Waals surface area contributed by atoms with Gasteiger partial charge in [0.25, 0.3) is 0 Å². The number of rotatable bonds is 4.